The number of hydrogen-bond acceptors (Lipinski definition) is 6. The number of carbonyl (C=O) groups is 1. The number of pyridine rings is 1. The van der Waals surface area contributed by atoms with E-state index in [1.807, 2.05) is 18.2 Å². The molecule has 10 heteroatoms. The van der Waals surface area contributed by atoms with Crippen LogP contribution in [0.5, 0.6) is 0 Å². The molecular formula is C24H20Cl2N6O2. The van der Waals surface area contributed by atoms with Crippen LogP contribution in [0.4, 0.5) is 5.69 Å². The van der Waals surface area contributed by atoms with Crippen molar-refractivity contribution in [3.05, 3.63) is 82.1 Å². The van der Waals surface area contributed by atoms with Crippen LogP contribution in [0.15, 0.2) is 70.3 Å². The van der Waals surface area contributed by atoms with Crippen molar-refractivity contribution in [2.45, 2.75) is 18.3 Å². The second-order valence-corrected chi connectivity index (χ2v) is 8.85. The highest BCUT2D eigenvalue weighted by Gasteiger charge is 2.51. The number of aromatic nitrogens is 1. The summed E-state index contributed by atoms with van der Waals surface area (Å²) in [5.41, 5.74) is 5.14. The van der Waals surface area contributed by atoms with Gasteiger partial charge in [0.05, 0.1) is 10.8 Å². The van der Waals surface area contributed by atoms with Gasteiger partial charge in [0.1, 0.15) is 16.5 Å². The van der Waals surface area contributed by atoms with Crippen molar-refractivity contribution in [3.63, 3.8) is 0 Å². The summed E-state index contributed by atoms with van der Waals surface area (Å²) in [5, 5.41) is 8.36. The third-order valence-electron chi connectivity index (χ3n) is 6.02. The van der Waals surface area contributed by atoms with Gasteiger partial charge in [0, 0.05) is 28.0 Å². The quantitative estimate of drug-likeness (QED) is 0.106. The van der Waals surface area contributed by atoms with Crippen LogP contribution >= 0.6 is 23.2 Å². The number of nitrogens with zero attached hydrogens (tertiary/aromatic N) is 2. The van der Waals surface area contributed by atoms with E-state index < -0.39 is 5.41 Å². The predicted octanol–water partition coefficient (Wildman–Crippen LogP) is 4.56. The summed E-state index contributed by atoms with van der Waals surface area (Å²) in [6, 6.07) is 16.2. The minimum Gasteiger partial charge on any atom is -0.456 e. The van der Waals surface area contributed by atoms with Crippen molar-refractivity contribution in [3.8, 4) is 11.3 Å². The van der Waals surface area contributed by atoms with Crippen LogP contribution in [0.3, 0.4) is 0 Å². The zero-order chi connectivity index (χ0) is 23.9. The first-order chi connectivity index (χ1) is 16.4. The lowest BCUT2D eigenvalue weighted by molar-refractivity contribution is -0.118. The number of nitrogens with one attached hydrogen (secondary N) is 2. The van der Waals surface area contributed by atoms with Crippen LogP contribution in [-0.4, -0.2) is 16.7 Å². The minimum absolute atomic E-state index is 0.109. The molecule has 1 aliphatic rings. The molecule has 0 bridgehead atoms. The molecule has 1 saturated carbocycles. The number of carbonyl (C=O) groups excluding carboxylic acids is 1. The molecule has 4 aromatic rings. The summed E-state index contributed by atoms with van der Waals surface area (Å²) < 4.78 is 5.98. The maximum absolute atomic E-state index is 13.2. The Morgan fingerprint density at radius 1 is 1.12 bits per heavy atom. The van der Waals surface area contributed by atoms with Gasteiger partial charge in [-0.15, -0.1) is 0 Å². The summed E-state index contributed by atoms with van der Waals surface area (Å²) in [6.07, 6.45) is 3.06. The Morgan fingerprint density at radius 2 is 1.94 bits per heavy atom. The number of hydrogen-bond donors (Lipinski definition) is 4. The van der Waals surface area contributed by atoms with Crippen molar-refractivity contribution in [2.24, 2.45) is 16.8 Å². The van der Waals surface area contributed by atoms with E-state index in [-0.39, 0.29) is 11.7 Å². The van der Waals surface area contributed by atoms with Crippen LogP contribution in [0.25, 0.3) is 22.3 Å². The van der Waals surface area contributed by atoms with Crippen molar-refractivity contribution < 1.29 is 9.21 Å². The molecule has 34 heavy (non-hydrogen) atoms. The molecule has 2 aromatic carbocycles. The number of hydrazine groups is 1. The standard InChI is InChI=1S/C24H20Cl2N6O2/c25-14-3-1-2-13(10-14)24(7-8-24)23(33)30-15-4-5-16(17(11-15)22(31-27)32-28)20-12-18-19(34-20)6-9-29-21(18)26/h1-6,9-12H,7-8,27-28H2,(H,30,33)(H,31,32). The average molecular weight is 495 g/mol. The van der Waals surface area contributed by atoms with Gasteiger partial charge in [-0.2, -0.15) is 5.10 Å². The summed E-state index contributed by atoms with van der Waals surface area (Å²) >= 11 is 12.4. The molecule has 1 amide bonds. The van der Waals surface area contributed by atoms with E-state index in [0.29, 0.717) is 43.7 Å². The van der Waals surface area contributed by atoms with Crippen LogP contribution in [0.1, 0.15) is 24.0 Å². The molecule has 6 N–H and O–H groups in total. The number of benzene rings is 2. The van der Waals surface area contributed by atoms with Gasteiger partial charge < -0.3 is 21.0 Å². The third kappa shape index (κ3) is 3.86. The van der Waals surface area contributed by atoms with Crippen LogP contribution in [0, 0.1) is 0 Å². The fraction of sp³-hybridized carbons (Fsp3) is 0.125. The van der Waals surface area contributed by atoms with Crippen molar-refractivity contribution >= 4 is 51.6 Å². The number of fused-ring (bicyclic) bond motifs is 1. The number of furan rings is 1. The third-order valence-corrected chi connectivity index (χ3v) is 6.56. The van der Waals surface area contributed by atoms with Gasteiger partial charge in [0.2, 0.25) is 5.91 Å². The maximum Gasteiger partial charge on any atom is 0.235 e. The molecule has 5 rings (SSSR count). The van der Waals surface area contributed by atoms with E-state index in [0.717, 1.165) is 18.4 Å². The van der Waals surface area contributed by atoms with E-state index in [1.165, 1.54) is 0 Å². The number of nitrogens with two attached hydrogens (primary N) is 2. The first-order valence-corrected chi connectivity index (χ1v) is 11.2. The van der Waals surface area contributed by atoms with Gasteiger partial charge in [-0.3, -0.25) is 4.79 Å². The molecule has 0 radical (unpaired) electrons. The summed E-state index contributed by atoms with van der Waals surface area (Å²) in [6.45, 7) is 0. The van der Waals surface area contributed by atoms with E-state index in [4.69, 9.17) is 39.3 Å². The molecule has 1 fully saturated rings. The number of halogens is 2. The molecular weight excluding hydrogens is 475 g/mol. The lowest BCUT2D eigenvalue weighted by Gasteiger charge is -2.17. The number of anilines is 1. The van der Waals surface area contributed by atoms with Crippen molar-refractivity contribution in [2.75, 3.05) is 5.32 Å². The highest BCUT2D eigenvalue weighted by molar-refractivity contribution is 6.34. The van der Waals surface area contributed by atoms with Gasteiger partial charge in [0.25, 0.3) is 0 Å². The van der Waals surface area contributed by atoms with Crippen molar-refractivity contribution in [1.82, 2.24) is 10.4 Å². The Morgan fingerprint density at radius 3 is 2.62 bits per heavy atom. The van der Waals surface area contributed by atoms with Crippen molar-refractivity contribution in [1.29, 1.82) is 0 Å². The fourth-order valence-electron chi connectivity index (χ4n) is 4.09. The monoisotopic (exact) mass is 494 g/mol. The Hall–Kier alpha value is -3.59. The zero-order valence-corrected chi connectivity index (χ0v) is 19.3. The van der Waals surface area contributed by atoms with Crippen LogP contribution < -0.4 is 22.4 Å². The molecule has 2 heterocycles. The molecule has 8 nitrogen and oxygen atoms in total. The van der Waals surface area contributed by atoms with E-state index in [2.05, 4.69) is 20.8 Å². The fourth-order valence-corrected chi connectivity index (χ4v) is 4.48. The molecule has 0 spiro atoms. The van der Waals surface area contributed by atoms with Gasteiger partial charge >= 0.3 is 0 Å². The Labute approximate surface area is 204 Å². The summed E-state index contributed by atoms with van der Waals surface area (Å²) in [7, 11) is 0. The highest BCUT2D eigenvalue weighted by atomic mass is 35.5. The van der Waals surface area contributed by atoms with Gasteiger partial charge in [-0.25, -0.2) is 10.8 Å². The first kappa shape index (κ1) is 22.2. The van der Waals surface area contributed by atoms with Crippen LogP contribution in [-0.2, 0) is 10.2 Å². The number of amidine groups is 1. The summed E-state index contributed by atoms with van der Waals surface area (Å²) in [5.74, 6) is 11.9. The Balaban J connectivity index is 1.52. The Bertz CT molecular complexity index is 1440. The topological polar surface area (TPSA) is 132 Å². The van der Waals surface area contributed by atoms with E-state index in [9.17, 15) is 4.79 Å². The minimum atomic E-state index is -0.594. The zero-order valence-electron chi connectivity index (χ0n) is 17.8. The Kier molecular flexibility index (Phi) is 5.65. The molecule has 1 aliphatic carbocycles. The second-order valence-electron chi connectivity index (χ2n) is 8.05. The average Bonchev–Trinajstić information content (AvgIpc) is 3.53. The van der Waals surface area contributed by atoms with Crippen LogP contribution in [0.2, 0.25) is 10.2 Å². The molecule has 2 aromatic heterocycles. The number of rotatable bonds is 5. The van der Waals surface area contributed by atoms with Gasteiger partial charge in [-0.1, -0.05) is 35.3 Å². The highest BCUT2D eigenvalue weighted by Crippen LogP contribution is 2.49. The lowest BCUT2D eigenvalue weighted by atomic mass is 9.94. The van der Waals surface area contributed by atoms with E-state index in [1.54, 1.807) is 42.6 Å². The SMILES string of the molecule is N/N=C(\NN)c1cc(NC(=O)C2(c3cccc(Cl)c3)CC2)ccc1-c1cc2c(Cl)nccc2o1. The first-order valence-electron chi connectivity index (χ1n) is 10.5. The van der Waals surface area contributed by atoms with Gasteiger partial charge in [-0.05, 0) is 60.9 Å². The van der Waals surface area contributed by atoms with E-state index >= 15 is 0 Å². The smallest absolute Gasteiger partial charge is 0.235 e. The number of amides is 1. The molecule has 0 saturated heterocycles. The van der Waals surface area contributed by atoms with Gasteiger partial charge in [0.15, 0.2) is 5.84 Å². The molecule has 0 atom stereocenters. The maximum atomic E-state index is 13.2. The lowest BCUT2D eigenvalue weighted by Crippen LogP contribution is -2.33. The molecule has 0 unspecified atom stereocenters. The summed E-state index contributed by atoms with van der Waals surface area (Å²) in [4.78, 5) is 17.3. The molecule has 0 aliphatic heterocycles. The number of hydrazone groups is 1. The predicted molar refractivity (Wildman–Crippen MR) is 133 cm³/mol. The second kappa shape index (κ2) is 8.64. The largest absolute Gasteiger partial charge is 0.456 e. The normalized spacial score (nSPS) is 14.7. The molecule has 172 valence electrons.